The van der Waals surface area contributed by atoms with Gasteiger partial charge in [0.05, 0.1) is 0 Å². The van der Waals surface area contributed by atoms with Gasteiger partial charge in [0.15, 0.2) is 0 Å². The third-order valence-electron chi connectivity index (χ3n) is 3.46. The Labute approximate surface area is 105 Å². The van der Waals surface area contributed by atoms with E-state index in [4.69, 9.17) is 4.74 Å². The van der Waals surface area contributed by atoms with Crippen LogP contribution in [-0.4, -0.2) is 37.8 Å². The average Bonchev–Trinajstić information content (AvgIpc) is 2.31. The van der Waals surface area contributed by atoms with Crippen molar-refractivity contribution in [1.29, 1.82) is 0 Å². The summed E-state index contributed by atoms with van der Waals surface area (Å²) in [6, 6.07) is 0. The van der Waals surface area contributed by atoms with Crippen LogP contribution in [-0.2, 0) is 4.74 Å². The fourth-order valence-corrected chi connectivity index (χ4v) is 3.15. The minimum absolute atomic E-state index is 0.523. The van der Waals surface area contributed by atoms with Crippen molar-refractivity contribution >= 4 is 11.8 Å². The molecular formula is C13H27NOS. The van der Waals surface area contributed by atoms with E-state index in [0.29, 0.717) is 5.41 Å². The van der Waals surface area contributed by atoms with Crippen molar-refractivity contribution in [1.82, 2.24) is 5.32 Å². The van der Waals surface area contributed by atoms with E-state index in [9.17, 15) is 0 Å². The maximum Gasteiger partial charge on any atom is 0.0471 e. The van der Waals surface area contributed by atoms with Gasteiger partial charge in [-0.25, -0.2) is 0 Å². The normalized spacial score (nSPS) is 19.9. The third-order valence-corrected chi connectivity index (χ3v) is 4.36. The van der Waals surface area contributed by atoms with Crippen molar-refractivity contribution < 1.29 is 4.74 Å². The van der Waals surface area contributed by atoms with Crippen molar-refractivity contribution in [2.45, 2.75) is 39.5 Å². The zero-order valence-electron chi connectivity index (χ0n) is 10.9. The molecule has 0 aliphatic carbocycles. The highest BCUT2D eigenvalue weighted by Crippen LogP contribution is 2.34. The molecule has 3 heteroatoms. The second-order valence-corrected chi connectivity index (χ2v) is 6.13. The molecule has 0 bridgehead atoms. The van der Waals surface area contributed by atoms with E-state index in [1.165, 1.54) is 43.7 Å². The molecule has 0 radical (unpaired) electrons. The van der Waals surface area contributed by atoms with Crippen molar-refractivity contribution in [3.05, 3.63) is 0 Å². The number of nitrogens with one attached hydrogen (secondary N) is 1. The molecule has 1 aliphatic heterocycles. The summed E-state index contributed by atoms with van der Waals surface area (Å²) in [5, 5.41) is 3.61. The molecule has 16 heavy (non-hydrogen) atoms. The quantitative estimate of drug-likeness (QED) is 0.664. The molecule has 1 heterocycles. The van der Waals surface area contributed by atoms with Crippen LogP contribution in [0.1, 0.15) is 39.5 Å². The summed E-state index contributed by atoms with van der Waals surface area (Å²) in [5.74, 6) is 2.55. The SMILES string of the molecule is CCCNCC1(CCSCC)CCOCC1. The first-order valence-corrected chi connectivity index (χ1v) is 7.84. The molecule has 1 N–H and O–H groups in total. The van der Waals surface area contributed by atoms with Gasteiger partial charge >= 0.3 is 0 Å². The van der Waals surface area contributed by atoms with Crippen molar-refractivity contribution in [3.63, 3.8) is 0 Å². The largest absolute Gasteiger partial charge is 0.381 e. The zero-order valence-corrected chi connectivity index (χ0v) is 11.7. The van der Waals surface area contributed by atoms with Crippen LogP contribution in [0.25, 0.3) is 0 Å². The maximum atomic E-state index is 5.50. The highest BCUT2D eigenvalue weighted by molar-refractivity contribution is 7.99. The van der Waals surface area contributed by atoms with Crippen LogP contribution in [0.3, 0.4) is 0 Å². The molecule has 0 aromatic rings. The van der Waals surface area contributed by atoms with Gasteiger partial charge in [-0.05, 0) is 49.1 Å². The molecular weight excluding hydrogens is 218 g/mol. The van der Waals surface area contributed by atoms with Gasteiger partial charge in [0.2, 0.25) is 0 Å². The lowest BCUT2D eigenvalue weighted by Crippen LogP contribution is -2.40. The first-order valence-electron chi connectivity index (χ1n) is 6.69. The van der Waals surface area contributed by atoms with Crippen molar-refractivity contribution in [2.75, 3.05) is 37.8 Å². The van der Waals surface area contributed by atoms with E-state index in [-0.39, 0.29) is 0 Å². The molecule has 1 rings (SSSR count). The van der Waals surface area contributed by atoms with Crippen LogP contribution >= 0.6 is 11.8 Å². The Morgan fingerprint density at radius 3 is 2.62 bits per heavy atom. The predicted octanol–water partition coefficient (Wildman–Crippen LogP) is 2.93. The molecule has 96 valence electrons. The molecule has 2 nitrogen and oxygen atoms in total. The Hall–Kier alpha value is 0.270. The van der Waals surface area contributed by atoms with E-state index in [1.54, 1.807) is 0 Å². The van der Waals surface area contributed by atoms with Gasteiger partial charge in [-0.2, -0.15) is 11.8 Å². The number of hydrogen-bond acceptors (Lipinski definition) is 3. The topological polar surface area (TPSA) is 21.3 Å². The molecule has 0 amide bonds. The van der Waals surface area contributed by atoms with Gasteiger partial charge in [0.1, 0.15) is 0 Å². The second kappa shape index (κ2) is 8.37. The van der Waals surface area contributed by atoms with Crippen LogP contribution in [0, 0.1) is 5.41 Å². The smallest absolute Gasteiger partial charge is 0.0471 e. The van der Waals surface area contributed by atoms with Gasteiger partial charge in [-0.15, -0.1) is 0 Å². The lowest BCUT2D eigenvalue weighted by Gasteiger charge is -2.37. The second-order valence-electron chi connectivity index (χ2n) is 4.74. The fourth-order valence-electron chi connectivity index (χ4n) is 2.28. The van der Waals surface area contributed by atoms with Crippen LogP contribution in [0.2, 0.25) is 0 Å². The molecule has 1 aliphatic rings. The van der Waals surface area contributed by atoms with Crippen LogP contribution in [0.15, 0.2) is 0 Å². The van der Waals surface area contributed by atoms with Gasteiger partial charge in [0.25, 0.3) is 0 Å². The van der Waals surface area contributed by atoms with Gasteiger partial charge in [0, 0.05) is 19.8 Å². The van der Waals surface area contributed by atoms with Gasteiger partial charge in [-0.1, -0.05) is 13.8 Å². The fraction of sp³-hybridized carbons (Fsp3) is 1.00. The lowest BCUT2D eigenvalue weighted by atomic mass is 9.78. The molecule has 0 saturated carbocycles. The predicted molar refractivity (Wildman–Crippen MR) is 73.3 cm³/mol. The third kappa shape index (κ3) is 5.07. The summed E-state index contributed by atoms with van der Waals surface area (Å²) in [6.07, 6.45) is 5.07. The zero-order chi connectivity index (χ0) is 11.7. The first kappa shape index (κ1) is 14.3. The number of rotatable bonds is 8. The molecule has 1 fully saturated rings. The lowest BCUT2D eigenvalue weighted by molar-refractivity contribution is 0.0135. The van der Waals surface area contributed by atoms with Gasteiger partial charge in [-0.3, -0.25) is 0 Å². The molecule has 0 spiro atoms. The molecule has 0 aromatic heterocycles. The van der Waals surface area contributed by atoms with Crippen molar-refractivity contribution in [2.24, 2.45) is 5.41 Å². The highest BCUT2D eigenvalue weighted by atomic mass is 32.2. The minimum atomic E-state index is 0.523. The summed E-state index contributed by atoms with van der Waals surface area (Å²) in [7, 11) is 0. The summed E-state index contributed by atoms with van der Waals surface area (Å²) in [4.78, 5) is 0. The molecule has 0 atom stereocenters. The molecule has 0 aromatic carbocycles. The summed E-state index contributed by atoms with van der Waals surface area (Å²) in [5.41, 5.74) is 0.523. The minimum Gasteiger partial charge on any atom is -0.381 e. The van der Waals surface area contributed by atoms with Gasteiger partial charge < -0.3 is 10.1 Å². The Morgan fingerprint density at radius 2 is 2.00 bits per heavy atom. The van der Waals surface area contributed by atoms with Crippen LogP contribution in [0.5, 0.6) is 0 Å². The summed E-state index contributed by atoms with van der Waals surface area (Å²) >= 11 is 2.07. The van der Waals surface area contributed by atoms with E-state index in [1.807, 2.05) is 0 Å². The van der Waals surface area contributed by atoms with E-state index < -0.39 is 0 Å². The number of hydrogen-bond donors (Lipinski definition) is 1. The highest BCUT2D eigenvalue weighted by Gasteiger charge is 2.31. The molecule has 0 unspecified atom stereocenters. The van der Waals surface area contributed by atoms with E-state index in [2.05, 4.69) is 30.9 Å². The summed E-state index contributed by atoms with van der Waals surface area (Å²) < 4.78 is 5.50. The van der Waals surface area contributed by atoms with Crippen LogP contribution < -0.4 is 5.32 Å². The Kier molecular flexibility index (Phi) is 7.50. The van der Waals surface area contributed by atoms with E-state index >= 15 is 0 Å². The average molecular weight is 245 g/mol. The first-order chi connectivity index (χ1) is 7.83. The standard InChI is InChI=1S/C13H27NOS/c1-3-8-14-12-13(7-11-16-4-2)5-9-15-10-6-13/h14H,3-12H2,1-2H3. The number of ether oxygens (including phenoxy) is 1. The van der Waals surface area contributed by atoms with Crippen LogP contribution in [0.4, 0.5) is 0 Å². The number of thioether (sulfide) groups is 1. The Morgan fingerprint density at radius 1 is 1.25 bits per heavy atom. The Balaban J connectivity index is 2.33. The van der Waals surface area contributed by atoms with E-state index in [0.717, 1.165) is 19.8 Å². The molecule has 1 saturated heterocycles. The Bertz CT molecular complexity index is 157. The van der Waals surface area contributed by atoms with Crippen molar-refractivity contribution in [3.8, 4) is 0 Å². The maximum absolute atomic E-state index is 5.50. The summed E-state index contributed by atoms with van der Waals surface area (Å²) in [6.45, 7) is 8.75. The monoisotopic (exact) mass is 245 g/mol.